The zero-order valence-corrected chi connectivity index (χ0v) is 47.4. The zero-order valence-electron chi connectivity index (χ0n) is 47.4. The summed E-state index contributed by atoms with van der Waals surface area (Å²) in [5, 5.41) is 143. The molecule has 7 fully saturated rings. The van der Waals surface area contributed by atoms with Gasteiger partial charge in [0.2, 0.25) is 0 Å². The number of carbonyl (C=O) groups excluding carboxylic acids is 2. The molecule has 8 rings (SSSR count). The maximum Gasteiger partial charge on any atom is 0.335 e. The van der Waals surface area contributed by atoms with Crippen LogP contribution >= 0.6 is 0 Å². The number of aliphatic hydroxyl groups excluding tert-OH is 12. The first-order valence-electron chi connectivity index (χ1n) is 28.5. The van der Waals surface area contributed by atoms with Crippen molar-refractivity contribution in [3.63, 3.8) is 0 Å². The average Bonchev–Trinajstić information content (AvgIpc) is 3.57. The van der Waals surface area contributed by atoms with Gasteiger partial charge in [0.25, 0.3) is 0 Å². The number of carboxylic acids is 1. The molecule has 0 spiro atoms. The number of aliphatic hydroxyl groups is 12. The molecule has 0 amide bonds. The Labute approximate surface area is 466 Å². The summed E-state index contributed by atoms with van der Waals surface area (Å²) in [5.74, 6) is -4.11. The Balaban J connectivity index is 1.11. The van der Waals surface area contributed by atoms with Crippen LogP contribution in [0.4, 0.5) is 0 Å². The summed E-state index contributed by atoms with van der Waals surface area (Å²) in [7, 11) is 0. The van der Waals surface area contributed by atoms with Gasteiger partial charge in [0.15, 0.2) is 25.0 Å². The van der Waals surface area contributed by atoms with Gasteiger partial charge < -0.3 is 104 Å². The molecule has 24 heteroatoms. The van der Waals surface area contributed by atoms with E-state index in [0.717, 1.165) is 12.0 Å². The second-order valence-corrected chi connectivity index (χ2v) is 26.3. The lowest BCUT2D eigenvalue weighted by Gasteiger charge is -2.72. The number of rotatable bonds is 16. The van der Waals surface area contributed by atoms with Gasteiger partial charge in [-0.15, -0.1) is 0 Å². The lowest BCUT2D eigenvalue weighted by molar-refractivity contribution is -0.392. The van der Waals surface area contributed by atoms with E-state index in [1.807, 2.05) is 27.7 Å². The minimum atomic E-state index is -2.17. The molecule has 3 aliphatic heterocycles. The van der Waals surface area contributed by atoms with Gasteiger partial charge in [0, 0.05) is 17.8 Å². The Kier molecular flexibility index (Phi) is 18.5. The number of carbonyl (C=O) groups is 3. The number of hydrogen-bond acceptors (Lipinski definition) is 23. The molecule has 3 saturated heterocycles. The Morgan fingerprint density at radius 2 is 1.26 bits per heavy atom. The molecule has 80 heavy (non-hydrogen) atoms. The molecule has 5 aliphatic carbocycles. The summed E-state index contributed by atoms with van der Waals surface area (Å²) >= 11 is 0. The fourth-order valence-electron chi connectivity index (χ4n) is 16.7. The molecule has 0 aromatic carbocycles. The fourth-order valence-corrected chi connectivity index (χ4v) is 16.7. The van der Waals surface area contributed by atoms with E-state index in [1.165, 1.54) is 6.92 Å². The summed E-state index contributed by atoms with van der Waals surface area (Å²) in [6.07, 6.45) is -26.6. The number of fused-ring (bicyclic) bond motifs is 7. The van der Waals surface area contributed by atoms with Crippen LogP contribution in [0.25, 0.3) is 0 Å². The van der Waals surface area contributed by atoms with Crippen LogP contribution in [0.5, 0.6) is 0 Å². The summed E-state index contributed by atoms with van der Waals surface area (Å²) in [6, 6.07) is 0. The van der Waals surface area contributed by atoms with Gasteiger partial charge in [-0.05, 0) is 85.4 Å². The molecule has 0 aromatic heterocycles. The van der Waals surface area contributed by atoms with Crippen LogP contribution < -0.4 is 0 Å². The van der Waals surface area contributed by atoms with Gasteiger partial charge in [-0.3, -0.25) is 9.59 Å². The molecule has 13 N–H and O–H groups in total. The van der Waals surface area contributed by atoms with E-state index in [4.69, 9.17) is 37.9 Å². The Hall–Kier alpha value is -2.57. The van der Waals surface area contributed by atoms with Crippen molar-refractivity contribution in [1.82, 2.24) is 0 Å². The number of esters is 2. The van der Waals surface area contributed by atoms with E-state index < -0.39 is 205 Å². The fraction of sp³-hybridized carbons (Fsp3) is 0.911. The van der Waals surface area contributed by atoms with E-state index >= 15 is 0 Å². The molecule has 24 nitrogen and oxygen atoms in total. The second-order valence-electron chi connectivity index (χ2n) is 26.3. The topological polar surface area (TPSA) is 388 Å². The van der Waals surface area contributed by atoms with Gasteiger partial charge in [0.1, 0.15) is 79.4 Å². The van der Waals surface area contributed by atoms with Gasteiger partial charge in [-0.2, -0.15) is 0 Å². The number of hydrogen-bond donors (Lipinski definition) is 13. The molecule has 4 saturated carbocycles. The second kappa shape index (κ2) is 23.4. The molecular formula is C56H90O24. The van der Waals surface area contributed by atoms with E-state index in [-0.39, 0.29) is 24.7 Å². The first-order chi connectivity index (χ1) is 37.4. The molecule has 458 valence electrons. The molecule has 8 aliphatic rings. The van der Waals surface area contributed by atoms with Crippen LogP contribution in [0, 0.1) is 56.2 Å². The van der Waals surface area contributed by atoms with Gasteiger partial charge in [-0.25, -0.2) is 4.79 Å². The summed E-state index contributed by atoms with van der Waals surface area (Å²) < 4.78 is 48.4. The van der Waals surface area contributed by atoms with Crippen LogP contribution in [0.2, 0.25) is 0 Å². The number of carboxylic acid groups (broad SMARTS) is 1. The smallest absolute Gasteiger partial charge is 0.335 e. The molecule has 0 aromatic rings. The van der Waals surface area contributed by atoms with Crippen LogP contribution in [0.1, 0.15) is 120 Å². The highest BCUT2D eigenvalue weighted by Crippen LogP contribution is 2.76. The van der Waals surface area contributed by atoms with Crippen molar-refractivity contribution in [2.24, 2.45) is 56.2 Å². The third-order valence-corrected chi connectivity index (χ3v) is 21.4. The van der Waals surface area contributed by atoms with Crippen LogP contribution in [0.3, 0.4) is 0 Å². The molecule has 0 bridgehead atoms. The van der Waals surface area contributed by atoms with Gasteiger partial charge in [-0.1, -0.05) is 73.5 Å². The van der Waals surface area contributed by atoms with Crippen molar-refractivity contribution in [1.29, 1.82) is 0 Å². The number of ether oxygens (including phenoxy) is 8. The van der Waals surface area contributed by atoms with Gasteiger partial charge >= 0.3 is 17.9 Å². The molecule has 0 radical (unpaired) electrons. The Morgan fingerprint density at radius 3 is 1.79 bits per heavy atom. The summed E-state index contributed by atoms with van der Waals surface area (Å²) in [5.41, 5.74) is -4.05. The lowest BCUT2D eigenvalue weighted by atomic mass is 9.33. The van der Waals surface area contributed by atoms with Crippen molar-refractivity contribution in [2.75, 3.05) is 26.4 Å². The van der Waals surface area contributed by atoms with Crippen LogP contribution in [-0.4, -0.2) is 227 Å². The summed E-state index contributed by atoms with van der Waals surface area (Å²) in [4.78, 5) is 39.8. The molecular weight excluding hydrogens is 1060 g/mol. The number of allylic oxidation sites excluding steroid dienone is 2. The van der Waals surface area contributed by atoms with E-state index in [1.54, 1.807) is 6.92 Å². The van der Waals surface area contributed by atoms with Crippen molar-refractivity contribution in [2.45, 2.75) is 237 Å². The first-order valence-corrected chi connectivity index (χ1v) is 28.5. The number of aliphatic carboxylic acids is 1. The van der Waals surface area contributed by atoms with Crippen molar-refractivity contribution < 1.29 is 119 Å². The van der Waals surface area contributed by atoms with E-state index in [2.05, 4.69) is 26.8 Å². The Bertz CT molecular complexity index is 2250. The first kappa shape index (κ1) is 63.5. The van der Waals surface area contributed by atoms with E-state index in [0.29, 0.717) is 38.5 Å². The minimum Gasteiger partial charge on any atom is -0.479 e. The van der Waals surface area contributed by atoms with Crippen LogP contribution in [-0.2, 0) is 52.3 Å². The van der Waals surface area contributed by atoms with Crippen LogP contribution in [0.15, 0.2) is 11.6 Å². The van der Waals surface area contributed by atoms with Gasteiger partial charge in [0.05, 0.1) is 50.0 Å². The highest BCUT2D eigenvalue weighted by Gasteiger charge is 2.74. The largest absolute Gasteiger partial charge is 0.479 e. The third-order valence-electron chi connectivity index (χ3n) is 21.4. The maximum atomic E-state index is 13.6. The minimum absolute atomic E-state index is 0.0792. The summed E-state index contributed by atoms with van der Waals surface area (Å²) in [6.45, 7) is 14.7. The average molecular weight is 1150 g/mol. The van der Waals surface area contributed by atoms with E-state index in [9.17, 15) is 80.8 Å². The predicted molar refractivity (Wildman–Crippen MR) is 274 cm³/mol. The normalized spacial score (nSPS) is 50.3. The Morgan fingerprint density at radius 1 is 0.675 bits per heavy atom. The maximum absolute atomic E-state index is 13.6. The lowest BCUT2D eigenvalue weighted by Crippen LogP contribution is -2.72. The molecule has 4 unspecified atom stereocenters. The standard InChI is InChI=1S/C56H90O24/c1-10-11-24(2)47(72)80-44-45(73-25(3)61)56(23-60)27(18-51(44,4)5)26-12-13-31-52(6)16-15-33(53(7,22-59)30(52)14-17-54(31,8)55(26,9)19-32(56)62)76-50-42(78-49-39(68)37(66)35(64)29(21-58)75-49)40(69)41(43(79-50)46(70)71)77-48-38(67)36(65)34(63)28(20-57)74-48/h12,24,27-45,48-50,57-60,62-69H,10-11,13-23H2,1-9H3,(H,70,71)/t24?,27?,28-,29-,30?,31?,32-,33+,34-,35-,36+,37+,38-,39-,40+,41+,42-,43+,44+,45+,48+,49+,50-,52+,53-,54-,55-,56+/m1/s1. The molecule has 3 heterocycles. The predicted octanol–water partition coefficient (Wildman–Crippen LogP) is -0.851. The molecule has 28 atom stereocenters. The third kappa shape index (κ3) is 10.2. The monoisotopic (exact) mass is 1150 g/mol. The SMILES string of the molecule is CCCC(C)C(=O)O[C@H]1[C@H](OC(C)=O)[C@@]2(CO)C(CC1(C)C)C1=CCC3[C@@]4(C)CC[C@H](O[C@@H]5O[C@H](C(=O)O)[C@@H](O[C@@H]6O[C@H](CO)[C@@H](O)[C@H](O)[C@H]6O)[C@H](O)[C@H]5O[C@@H]5O[C@H](CO)[C@@H](O)[C@H](O)[C@H]5O)[C@](C)(CO)C4CC[C@@]3(C)[C@]1(C)C[C@H]2O. The highest BCUT2D eigenvalue weighted by atomic mass is 16.8. The highest BCUT2D eigenvalue weighted by molar-refractivity contribution is 5.73. The quantitative estimate of drug-likeness (QED) is 0.0508. The van der Waals surface area contributed by atoms with Crippen molar-refractivity contribution >= 4 is 17.9 Å². The van der Waals surface area contributed by atoms with Crippen molar-refractivity contribution in [3.8, 4) is 0 Å². The van der Waals surface area contributed by atoms with Crippen molar-refractivity contribution in [3.05, 3.63) is 11.6 Å². The zero-order chi connectivity index (χ0) is 59.1.